The van der Waals surface area contributed by atoms with Gasteiger partial charge < -0.3 is 9.64 Å². The lowest BCUT2D eigenvalue weighted by Gasteiger charge is -2.40. The van der Waals surface area contributed by atoms with Gasteiger partial charge in [-0.1, -0.05) is 30.3 Å². The van der Waals surface area contributed by atoms with Crippen molar-refractivity contribution in [1.82, 2.24) is 15.8 Å². The van der Waals surface area contributed by atoms with Crippen molar-refractivity contribution in [3.8, 4) is 0 Å². The van der Waals surface area contributed by atoms with Crippen molar-refractivity contribution in [3.05, 3.63) is 71.0 Å². The van der Waals surface area contributed by atoms with Gasteiger partial charge in [0, 0.05) is 18.2 Å². The standard InChI is InChI=1S/C22H22FN3O3/c23-15-8-6-14(7-9-15)18-12-19(25-24-18)20(27)26-11-3-10-22(13-26)17-5-2-1-4-16(17)21(28)29-22/h1-2,4-9,18-19,24-25H,3,10-13H2. The van der Waals surface area contributed by atoms with E-state index in [1.165, 1.54) is 12.1 Å². The van der Waals surface area contributed by atoms with Crippen molar-refractivity contribution >= 4 is 11.9 Å². The minimum absolute atomic E-state index is 0.0124. The highest BCUT2D eigenvalue weighted by Gasteiger charge is 2.49. The summed E-state index contributed by atoms with van der Waals surface area (Å²) >= 11 is 0. The maximum atomic E-state index is 13.2. The first-order valence-electron chi connectivity index (χ1n) is 9.94. The van der Waals surface area contributed by atoms with Gasteiger partial charge in [0.25, 0.3) is 0 Å². The van der Waals surface area contributed by atoms with Gasteiger partial charge in [-0.05, 0) is 43.0 Å². The number of hydrogen-bond acceptors (Lipinski definition) is 5. The lowest BCUT2D eigenvalue weighted by molar-refractivity contribution is -0.140. The summed E-state index contributed by atoms with van der Waals surface area (Å²) in [6, 6.07) is 13.3. The van der Waals surface area contributed by atoms with Crippen LogP contribution in [-0.2, 0) is 15.1 Å². The average Bonchev–Trinajstić information content (AvgIpc) is 3.33. The Balaban J connectivity index is 1.31. The molecule has 0 aliphatic carbocycles. The summed E-state index contributed by atoms with van der Waals surface area (Å²) in [4.78, 5) is 27.3. The van der Waals surface area contributed by atoms with Crippen molar-refractivity contribution in [2.24, 2.45) is 0 Å². The molecule has 0 bridgehead atoms. The Labute approximate surface area is 168 Å². The summed E-state index contributed by atoms with van der Waals surface area (Å²) in [5.74, 6) is -0.606. The number of carbonyl (C=O) groups excluding carboxylic acids is 2. The lowest BCUT2D eigenvalue weighted by atomic mass is 9.84. The van der Waals surface area contributed by atoms with E-state index in [1.54, 1.807) is 23.1 Å². The topological polar surface area (TPSA) is 70.7 Å². The summed E-state index contributed by atoms with van der Waals surface area (Å²) < 4.78 is 19.0. The molecule has 1 amide bonds. The molecule has 7 heteroatoms. The fourth-order valence-corrected chi connectivity index (χ4v) is 4.71. The third-order valence-corrected chi connectivity index (χ3v) is 6.17. The molecule has 1 spiro atoms. The summed E-state index contributed by atoms with van der Waals surface area (Å²) in [5, 5.41) is 0. The van der Waals surface area contributed by atoms with Crippen LogP contribution in [0, 0.1) is 5.82 Å². The Morgan fingerprint density at radius 2 is 1.93 bits per heavy atom. The van der Waals surface area contributed by atoms with Crippen LogP contribution in [0.2, 0.25) is 0 Å². The number of likely N-dealkylation sites (tertiary alicyclic amines) is 1. The second kappa shape index (κ2) is 6.93. The van der Waals surface area contributed by atoms with E-state index in [1.807, 2.05) is 18.2 Å². The number of esters is 1. The second-order valence-electron chi connectivity index (χ2n) is 7.97. The summed E-state index contributed by atoms with van der Waals surface area (Å²) in [5.41, 5.74) is 7.88. The largest absolute Gasteiger partial charge is 0.449 e. The smallest absolute Gasteiger partial charge is 0.339 e. The van der Waals surface area contributed by atoms with Crippen molar-refractivity contribution in [3.63, 3.8) is 0 Å². The van der Waals surface area contributed by atoms with E-state index in [0.29, 0.717) is 31.5 Å². The molecule has 2 aromatic rings. The molecular formula is C22H22FN3O3. The molecule has 3 aliphatic heterocycles. The fourth-order valence-electron chi connectivity index (χ4n) is 4.71. The Morgan fingerprint density at radius 3 is 2.76 bits per heavy atom. The van der Waals surface area contributed by atoms with Gasteiger partial charge >= 0.3 is 5.97 Å². The minimum atomic E-state index is -0.746. The van der Waals surface area contributed by atoms with E-state index >= 15 is 0 Å². The van der Waals surface area contributed by atoms with Crippen molar-refractivity contribution in [2.75, 3.05) is 13.1 Å². The number of ether oxygens (including phenoxy) is 1. The minimum Gasteiger partial charge on any atom is -0.449 e. The first-order valence-corrected chi connectivity index (χ1v) is 9.94. The number of hydrazine groups is 1. The van der Waals surface area contributed by atoms with Crippen LogP contribution < -0.4 is 10.9 Å². The third-order valence-electron chi connectivity index (χ3n) is 6.17. The quantitative estimate of drug-likeness (QED) is 0.765. The van der Waals surface area contributed by atoms with E-state index in [2.05, 4.69) is 10.9 Å². The first kappa shape index (κ1) is 18.3. The highest BCUT2D eigenvalue weighted by atomic mass is 19.1. The second-order valence-corrected chi connectivity index (χ2v) is 7.97. The molecule has 2 fully saturated rings. The van der Waals surface area contributed by atoms with Gasteiger partial charge in [0.15, 0.2) is 5.60 Å². The predicted molar refractivity (Wildman–Crippen MR) is 103 cm³/mol. The number of fused-ring (bicyclic) bond motifs is 2. The van der Waals surface area contributed by atoms with E-state index in [-0.39, 0.29) is 29.8 Å². The molecule has 3 unspecified atom stereocenters. The number of rotatable bonds is 2. The zero-order valence-electron chi connectivity index (χ0n) is 15.9. The molecular weight excluding hydrogens is 373 g/mol. The van der Waals surface area contributed by atoms with E-state index < -0.39 is 5.60 Å². The van der Waals surface area contributed by atoms with E-state index in [0.717, 1.165) is 17.5 Å². The lowest BCUT2D eigenvalue weighted by Crippen LogP contribution is -2.53. The van der Waals surface area contributed by atoms with Crippen LogP contribution in [0.1, 0.15) is 46.8 Å². The Hall–Kier alpha value is -2.77. The average molecular weight is 395 g/mol. The van der Waals surface area contributed by atoms with Crippen LogP contribution in [0.3, 0.4) is 0 Å². The molecule has 6 nitrogen and oxygen atoms in total. The molecule has 0 aromatic heterocycles. The number of carbonyl (C=O) groups is 2. The van der Waals surface area contributed by atoms with Gasteiger partial charge in [0.05, 0.1) is 12.1 Å². The van der Waals surface area contributed by atoms with Crippen molar-refractivity contribution in [2.45, 2.75) is 36.9 Å². The molecule has 3 heterocycles. The predicted octanol–water partition coefficient (Wildman–Crippen LogP) is 2.42. The number of nitrogens with zero attached hydrogens (tertiary/aromatic N) is 1. The number of nitrogens with one attached hydrogen (secondary N) is 2. The van der Waals surface area contributed by atoms with Gasteiger partial charge in [-0.3, -0.25) is 4.79 Å². The Morgan fingerprint density at radius 1 is 1.14 bits per heavy atom. The number of amides is 1. The van der Waals surface area contributed by atoms with E-state index in [9.17, 15) is 14.0 Å². The monoisotopic (exact) mass is 395 g/mol. The van der Waals surface area contributed by atoms with Gasteiger partial charge in [-0.15, -0.1) is 0 Å². The van der Waals surface area contributed by atoms with Gasteiger partial charge in [-0.2, -0.15) is 0 Å². The summed E-state index contributed by atoms with van der Waals surface area (Å²) in [6.45, 7) is 1.01. The molecule has 150 valence electrons. The first-order chi connectivity index (χ1) is 14.1. The maximum Gasteiger partial charge on any atom is 0.339 e. The number of benzene rings is 2. The zero-order valence-corrected chi connectivity index (χ0v) is 15.9. The molecule has 0 radical (unpaired) electrons. The van der Waals surface area contributed by atoms with Gasteiger partial charge in [-0.25, -0.2) is 20.0 Å². The fraction of sp³-hybridized carbons (Fsp3) is 0.364. The third kappa shape index (κ3) is 3.10. The van der Waals surface area contributed by atoms with Crippen LogP contribution >= 0.6 is 0 Å². The maximum absolute atomic E-state index is 13.2. The van der Waals surface area contributed by atoms with Crippen LogP contribution in [0.15, 0.2) is 48.5 Å². The molecule has 2 saturated heterocycles. The van der Waals surface area contributed by atoms with Crippen LogP contribution in [0.4, 0.5) is 4.39 Å². The zero-order chi connectivity index (χ0) is 20.0. The Bertz CT molecular complexity index is 964. The van der Waals surface area contributed by atoms with Crippen LogP contribution in [-0.4, -0.2) is 35.9 Å². The molecule has 2 N–H and O–H groups in total. The molecule has 3 atom stereocenters. The van der Waals surface area contributed by atoms with Crippen LogP contribution in [0.5, 0.6) is 0 Å². The number of piperidine rings is 1. The summed E-state index contributed by atoms with van der Waals surface area (Å²) in [7, 11) is 0. The normalized spacial score (nSPS) is 28.4. The van der Waals surface area contributed by atoms with Crippen molar-refractivity contribution < 1.29 is 18.7 Å². The Kier molecular flexibility index (Phi) is 4.37. The molecule has 3 aliphatic rings. The highest BCUT2D eigenvalue weighted by Crippen LogP contribution is 2.43. The molecule has 5 rings (SSSR count). The van der Waals surface area contributed by atoms with Crippen molar-refractivity contribution in [1.29, 1.82) is 0 Å². The van der Waals surface area contributed by atoms with Crippen LogP contribution in [0.25, 0.3) is 0 Å². The molecule has 29 heavy (non-hydrogen) atoms. The van der Waals surface area contributed by atoms with E-state index in [4.69, 9.17) is 4.74 Å². The SMILES string of the molecule is O=C1OC2(CCCN(C(=O)C3CC(c4ccc(F)cc4)NN3)C2)c2ccccc21. The molecule has 0 saturated carbocycles. The van der Waals surface area contributed by atoms with Gasteiger partial charge in [0.1, 0.15) is 11.9 Å². The summed E-state index contributed by atoms with van der Waals surface area (Å²) in [6.07, 6.45) is 2.06. The molecule has 2 aromatic carbocycles. The number of hydrogen-bond donors (Lipinski definition) is 2. The van der Waals surface area contributed by atoms with Gasteiger partial charge in [0.2, 0.25) is 5.91 Å². The highest BCUT2D eigenvalue weighted by molar-refractivity contribution is 5.95. The number of halogens is 1.